The van der Waals surface area contributed by atoms with E-state index in [-0.39, 0.29) is 49.9 Å². The molecular weight excluding hydrogens is 860 g/mol. The molecular formula is C47H51F3IrNO2-. The van der Waals surface area contributed by atoms with Crippen LogP contribution in [0.15, 0.2) is 90.8 Å². The molecule has 0 saturated heterocycles. The number of alkyl halides is 3. The van der Waals surface area contributed by atoms with Crippen LogP contribution in [-0.4, -0.2) is 22.1 Å². The number of aryl methyl sites for hydroxylation is 2. The van der Waals surface area contributed by atoms with Crippen molar-refractivity contribution in [2.24, 2.45) is 17.3 Å². The molecule has 0 saturated carbocycles. The number of aromatic nitrogens is 1. The SMILES string of the molecule is CCC(CC)C(=O)/C=C(\O)C(CC)CC.Cc1[c-]c(-c2ncc3c4c(cccc24)-c2ccc(CC(C)(C)C(F)(F)F)cc2-c2ccccc2-3)cc(C)c1.[Ir]. The quantitative estimate of drug-likeness (QED) is 0.0846. The van der Waals surface area contributed by atoms with Crippen molar-refractivity contribution >= 4 is 16.6 Å². The zero-order valence-corrected chi connectivity index (χ0v) is 34.9. The smallest absolute Gasteiger partial charge is 0.394 e. The van der Waals surface area contributed by atoms with Gasteiger partial charge >= 0.3 is 6.18 Å². The second kappa shape index (κ2) is 17.6. The number of benzene rings is 4. The first-order valence-electron chi connectivity index (χ1n) is 18.8. The van der Waals surface area contributed by atoms with Crippen LogP contribution in [-0.2, 0) is 31.3 Å². The van der Waals surface area contributed by atoms with Crippen LogP contribution in [0.4, 0.5) is 13.2 Å². The van der Waals surface area contributed by atoms with Crippen molar-refractivity contribution in [2.45, 2.75) is 93.7 Å². The molecule has 0 bridgehead atoms. The Morgan fingerprint density at radius 3 is 1.96 bits per heavy atom. The standard InChI is InChI=1S/C34H27F3N.C13H24O2.Ir/c1-20-14-21(2)16-23(15-20)32-28-11-7-10-27-26-13-12-22(18-33(3,4)34(35,36)37)17-29(26)24-8-5-6-9-25(24)30(19-38-32)31(27)28;1-5-10(6-2)12(14)9-13(15)11(7-3)8-4;/h5-15,17,19H,18H2,1-4H3;9-11,14H,5-8H2,1-4H3;/q-1;;/b;12-9-;. The molecule has 1 aliphatic carbocycles. The van der Waals surface area contributed by atoms with Gasteiger partial charge < -0.3 is 10.1 Å². The number of carbonyl (C=O) groups excluding carboxylic acids is 1. The van der Waals surface area contributed by atoms with Crippen molar-refractivity contribution < 1.29 is 43.2 Å². The Morgan fingerprint density at radius 1 is 0.778 bits per heavy atom. The molecule has 0 spiro atoms. The average molecular weight is 911 g/mol. The minimum atomic E-state index is -4.28. The maximum atomic E-state index is 13.7. The molecule has 0 amide bonds. The maximum absolute atomic E-state index is 13.7. The molecule has 1 aromatic heterocycles. The van der Waals surface area contributed by atoms with E-state index in [2.05, 4.69) is 49.4 Å². The summed E-state index contributed by atoms with van der Waals surface area (Å²) in [4.78, 5) is 16.7. The zero-order valence-electron chi connectivity index (χ0n) is 32.5. The molecule has 4 aromatic carbocycles. The predicted octanol–water partition coefficient (Wildman–Crippen LogP) is 13.6. The third-order valence-electron chi connectivity index (χ3n) is 10.7. The molecule has 6 rings (SSSR count). The summed E-state index contributed by atoms with van der Waals surface area (Å²) < 4.78 is 41.1. The number of aliphatic hydroxyl groups excluding tert-OH is 1. The Labute approximate surface area is 332 Å². The van der Waals surface area contributed by atoms with Gasteiger partial charge in [0.05, 0.1) is 11.2 Å². The first-order chi connectivity index (χ1) is 25.1. The van der Waals surface area contributed by atoms with Crippen LogP contribution in [0.1, 0.15) is 83.9 Å². The van der Waals surface area contributed by atoms with Crippen LogP contribution < -0.4 is 0 Å². The van der Waals surface area contributed by atoms with Crippen LogP contribution in [0.5, 0.6) is 0 Å². The molecule has 54 heavy (non-hydrogen) atoms. The minimum absolute atomic E-state index is 0. The van der Waals surface area contributed by atoms with Gasteiger partial charge in [-0.05, 0) is 82.0 Å². The van der Waals surface area contributed by atoms with Gasteiger partial charge in [0.2, 0.25) is 0 Å². The fraction of sp³-hybridized carbons (Fsp3) is 0.362. The van der Waals surface area contributed by atoms with E-state index in [9.17, 15) is 23.1 Å². The molecule has 7 heteroatoms. The third kappa shape index (κ3) is 8.90. The summed E-state index contributed by atoms with van der Waals surface area (Å²) in [5.74, 6) is 0.547. The van der Waals surface area contributed by atoms with Crippen LogP contribution in [0.3, 0.4) is 0 Å². The molecule has 1 heterocycles. The fourth-order valence-corrected chi connectivity index (χ4v) is 7.47. The monoisotopic (exact) mass is 911 g/mol. The van der Waals surface area contributed by atoms with Crippen molar-refractivity contribution in [3.05, 3.63) is 114 Å². The number of allylic oxidation sites excluding steroid dienone is 2. The Morgan fingerprint density at radius 2 is 1.37 bits per heavy atom. The van der Waals surface area contributed by atoms with Gasteiger partial charge in [0, 0.05) is 49.8 Å². The van der Waals surface area contributed by atoms with E-state index in [0.29, 0.717) is 5.56 Å². The number of ketones is 1. The van der Waals surface area contributed by atoms with Gasteiger partial charge in [-0.25, -0.2) is 0 Å². The maximum Gasteiger partial charge on any atom is 0.394 e. The normalized spacial score (nSPS) is 12.4. The van der Waals surface area contributed by atoms with Gasteiger partial charge in [-0.2, -0.15) is 13.2 Å². The van der Waals surface area contributed by atoms with Gasteiger partial charge in [0.1, 0.15) is 0 Å². The summed E-state index contributed by atoms with van der Waals surface area (Å²) in [7, 11) is 0. The van der Waals surface area contributed by atoms with Gasteiger partial charge in [0.15, 0.2) is 5.78 Å². The van der Waals surface area contributed by atoms with E-state index < -0.39 is 11.6 Å². The van der Waals surface area contributed by atoms with Crippen LogP contribution in [0, 0.1) is 37.2 Å². The number of nitrogens with zero attached hydrogens (tertiary/aromatic N) is 1. The molecule has 0 unspecified atom stereocenters. The predicted molar refractivity (Wildman–Crippen MR) is 213 cm³/mol. The van der Waals surface area contributed by atoms with E-state index in [4.69, 9.17) is 4.98 Å². The first kappa shape index (κ1) is 42.7. The van der Waals surface area contributed by atoms with Crippen molar-refractivity contribution in [2.75, 3.05) is 0 Å². The molecule has 1 N–H and O–H groups in total. The largest absolute Gasteiger partial charge is 0.512 e. The Bertz CT molecular complexity index is 2120. The Balaban J connectivity index is 0.000000347. The second-order valence-electron chi connectivity index (χ2n) is 15.0. The number of fused-ring (bicyclic) bond motifs is 5. The van der Waals surface area contributed by atoms with E-state index in [1.165, 1.54) is 19.9 Å². The Hall–Kier alpha value is -4.06. The van der Waals surface area contributed by atoms with E-state index in [1.807, 2.05) is 77.2 Å². The van der Waals surface area contributed by atoms with E-state index in [0.717, 1.165) is 92.2 Å². The molecule has 1 radical (unpaired) electrons. The fourth-order valence-electron chi connectivity index (χ4n) is 7.47. The average Bonchev–Trinajstić information content (AvgIpc) is 3.22. The molecule has 287 valence electrons. The van der Waals surface area contributed by atoms with Crippen LogP contribution in [0.2, 0.25) is 0 Å². The summed E-state index contributed by atoms with van der Waals surface area (Å²) in [6.45, 7) is 14.7. The van der Waals surface area contributed by atoms with Crippen molar-refractivity contribution in [1.82, 2.24) is 4.98 Å². The van der Waals surface area contributed by atoms with Gasteiger partial charge in [0.25, 0.3) is 0 Å². The summed E-state index contributed by atoms with van der Waals surface area (Å²) in [5, 5.41) is 11.9. The number of hydrogen-bond acceptors (Lipinski definition) is 3. The van der Waals surface area contributed by atoms with E-state index >= 15 is 0 Å². The summed E-state index contributed by atoms with van der Waals surface area (Å²) in [6.07, 6.45) is 2.47. The summed E-state index contributed by atoms with van der Waals surface area (Å²) >= 11 is 0. The molecule has 5 aromatic rings. The molecule has 0 aliphatic heterocycles. The number of hydrogen-bond donors (Lipinski definition) is 1. The molecule has 0 fully saturated rings. The summed E-state index contributed by atoms with van der Waals surface area (Å²) in [6, 6.07) is 27.8. The molecule has 1 aliphatic rings. The number of halogens is 3. The third-order valence-corrected chi connectivity index (χ3v) is 10.7. The molecule has 0 atom stereocenters. The van der Waals surface area contributed by atoms with Crippen LogP contribution >= 0.6 is 0 Å². The van der Waals surface area contributed by atoms with Crippen LogP contribution in [0.25, 0.3) is 55.4 Å². The topological polar surface area (TPSA) is 50.2 Å². The number of carbonyl (C=O) groups is 1. The number of pyridine rings is 1. The zero-order chi connectivity index (χ0) is 38.7. The van der Waals surface area contributed by atoms with Gasteiger partial charge in [-0.1, -0.05) is 116 Å². The second-order valence-corrected chi connectivity index (χ2v) is 15.0. The molecule has 3 nitrogen and oxygen atoms in total. The van der Waals surface area contributed by atoms with E-state index in [1.54, 1.807) is 0 Å². The van der Waals surface area contributed by atoms with Gasteiger partial charge in [-0.15, -0.1) is 34.9 Å². The first-order valence-corrected chi connectivity index (χ1v) is 18.8. The van der Waals surface area contributed by atoms with Gasteiger partial charge in [-0.3, -0.25) is 4.79 Å². The number of aliphatic hydroxyl groups is 1. The summed E-state index contributed by atoms with van der Waals surface area (Å²) in [5.41, 5.74) is 8.94. The van der Waals surface area contributed by atoms with Crippen molar-refractivity contribution in [3.8, 4) is 44.6 Å². The van der Waals surface area contributed by atoms with Crippen molar-refractivity contribution in [3.63, 3.8) is 0 Å². The van der Waals surface area contributed by atoms with Crippen molar-refractivity contribution in [1.29, 1.82) is 0 Å². The number of rotatable bonds is 10. The Kier molecular flexibility index (Phi) is 13.9. The minimum Gasteiger partial charge on any atom is -0.512 e.